The van der Waals surface area contributed by atoms with E-state index in [0.717, 1.165) is 11.1 Å². The van der Waals surface area contributed by atoms with E-state index in [-0.39, 0.29) is 11.6 Å². The number of carbonyl (C=O) groups excluding carboxylic acids is 1. The first-order valence-electron chi connectivity index (χ1n) is 8.32. The van der Waals surface area contributed by atoms with Crippen LogP contribution in [-0.4, -0.2) is 17.9 Å². The average molecular weight is 348 g/mol. The number of benzene rings is 2. The van der Waals surface area contributed by atoms with E-state index in [1.807, 2.05) is 60.7 Å². The van der Waals surface area contributed by atoms with E-state index in [0.29, 0.717) is 24.7 Å². The van der Waals surface area contributed by atoms with Crippen LogP contribution in [0.1, 0.15) is 21.6 Å². The molecular formula is C21H20N2O3. The van der Waals surface area contributed by atoms with Crippen molar-refractivity contribution in [1.82, 2.24) is 10.3 Å². The lowest BCUT2D eigenvalue weighted by Crippen LogP contribution is -2.20. The predicted molar refractivity (Wildman–Crippen MR) is 99.2 cm³/mol. The van der Waals surface area contributed by atoms with Crippen molar-refractivity contribution in [1.29, 1.82) is 0 Å². The van der Waals surface area contributed by atoms with E-state index >= 15 is 0 Å². The molecule has 3 rings (SSSR count). The summed E-state index contributed by atoms with van der Waals surface area (Å²) in [4.78, 5) is 16.3. The third-order valence-electron chi connectivity index (χ3n) is 3.77. The number of ether oxygens (including phenoxy) is 2. The zero-order valence-electron chi connectivity index (χ0n) is 14.5. The molecule has 0 fully saturated rings. The lowest BCUT2D eigenvalue weighted by Gasteiger charge is -2.15. The highest BCUT2D eigenvalue weighted by Crippen LogP contribution is 2.31. The highest BCUT2D eigenvalue weighted by molar-refractivity contribution is 5.95. The fourth-order valence-corrected chi connectivity index (χ4v) is 2.43. The topological polar surface area (TPSA) is 60.5 Å². The number of nitrogens with zero attached hydrogens (tertiary/aromatic N) is 1. The van der Waals surface area contributed by atoms with Gasteiger partial charge in [0, 0.05) is 19.3 Å². The first kappa shape index (κ1) is 17.5. The van der Waals surface area contributed by atoms with Crippen LogP contribution >= 0.6 is 0 Å². The van der Waals surface area contributed by atoms with Crippen LogP contribution in [0, 0.1) is 0 Å². The van der Waals surface area contributed by atoms with E-state index < -0.39 is 0 Å². The second-order valence-corrected chi connectivity index (χ2v) is 5.61. The smallest absolute Gasteiger partial charge is 0.273 e. The monoisotopic (exact) mass is 348 g/mol. The molecule has 1 amide bonds. The first-order valence-corrected chi connectivity index (χ1v) is 8.32. The molecule has 1 N–H and O–H groups in total. The minimum atomic E-state index is -0.321. The van der Waals surface area contributed by atoms with Crippen molar-refractivity contribution < 1.29 is 14.3 Å². The van der Waals surface area contributed by atoms with Crippen LogP contribution < -0.4 is 14.8 Å². The summed E-state index contributed by atoms with van der Waals surface area (Å²) in [6.07, 6.45) is 1.54. The van der Waals surface area contributed by atoms with Gasteiger partial charge in [-0.1, -0.05) is 60.7 Å². The van der Waals surface area contributed by atoms with Gasteiger partial charge in [-0.15, -0.1) is 0 Å². The quantitative estimate of drug-likeness (QED) is 0.709. The number of aromatic nitrogens is 1. The second kappa shape index (κ2) is 8.67. The van der Waals surface area contributed by atoms with Crippen molar-refractivity contribution in [3.63, 3.8) is 0 Å². The number of pyridine rings is 1. The molecule has 0 saturated carbocycles. The van der Waals surface area contributed by atoms with Crippen LogP contribution in [0.4, 0.5) is 0 Å². The Morgan fingerprint density at radius 3 is 2.04 bits per heavy atom. The van der Waals surface area contributed by atoms with E-state index in [2.05, 4.69) is 10.3 Å². The van der Waals surface area contributed by atoms with Gasteiger partial charge >= 0.3 is 0 Å². The number of rotatable bonds is 7. The molecule has 0 atom stereocenters. The number of hydrogen-bond donors (Lipinski definition) is 1. The molecule has 2 aromatic carbocycles. The molecular weight excluding hydrogens is 328 g/mol. The van der Waals surface area contributed by atoms with Crippen molar-refractivity contribution >= 4 is 5.91 Å². The normalized spacial score (nSPS) is 10.2. The summed E-state index contributed by atoms with van der Waals surface area (Å²) in [7, 11) is 1.56. The van der Waals surface area contributed by atoms with Gasteiger partial charge in [0.2, 0.25) is 0 Å². The minimum absolute atomic E-state index is 0.203. The van der Waals surface area contributed by atoms with Crippen molar-refractivity contribution in [2.75, 3.05) is 7.05 Å². The molecule has 0 aliphatic carbocycles. The molecule has 1 aromatic heterocycles. The summed E-state index contributed by atoms with van der Waals surface area (Å²) in [5.41, 5.74) is 2.22. The van der Waals surface area contributed by atoms with Crippen molar-refractivity contribution in [2.45, 2.75) is 13.2 Å². The molecule has 0 aliphatic heterocycles. The number of hydrogen-bond acceptors (Lipinski definition) is 4. The SMILES string of the molecule is CNC(=O)c1nccc(OCc2ccccc2)c1OCc1ccccc1. The third kappa shape index (κ3) is 4.39. The molecule has 26 heavy (non-hydrogen) atoms. The molecule has 0 unspecified atom stereocenters. The van der Waals surface area contributed by atoms with Crippen molar-refractivity contribution in [3.8, 4) is 11.5 Å². The van der Waals surface area contributed by atoms with Gasteiger partial charge in [-0.3, -0.25) is 4.79 Å². The van der Waals surface area contributed by atoms with Crippen LogP contribution in [0.2, 0.25) is 0 Å². The minimum Gasteiger partial charge on any atom is -0.485 e. The maximum Gasteiger partial charge on any atom is 0.273 e. The number of nitrogens with one attached hydrogen (secondary N) is 1. The maximum atomic E-state index is 12.2. The largest absolute Gasteiger partial charge is 0.485 e. The fraction of sp³-hybridized carbons (Fsp3) is 0.143. The lowest BCUT2D eigenvalue weighted by atomic mass is 10.2. The van der Waals surface area contributed by atoms with Crippen LogP contribution in [0.3, 0.4) is 0 Å². The Hall–Kier alpha value is -3.34. The summed E-state index contributed by atoms with van der Waals surface area (Å²) in [6, 6.07) is 21.3. The molecule has 0 bridgehead atoms. The van der Waals surface area contributed by atoms with E-state index in [9.17, 15) is 4.79 Å². The zero-order chi connectivity index (χ0) is 18.2. The summed E-state index contributed by atoms with van der Waals surface area (Å²) < 4.78 is 11.8. The first-order chi connectivity index (χ1) is 12.8. The molecule has 1 heterocycles. The Labute approximate surface area is 152 Å². The van der Waals surface area contributed by atoms with Crippen molar-refractivity contribution in [3.05, 3.63) is 89.7 Å². The Bertz CT molecular complexity index is 852. The van der Waals surface area contributed by atoms with E-state index in [1.165, 1.54) is 0 Å². The highest BCUT2D eigenvalue weighted by Gasteiger charge is 2.18. The standard InChI is InChI=1S/C21H20N2O3/c1-22-21(24)19-20(26-15-17-10-6-3-7-11-17)18(12-13-23-19)25-14-16-8-4-2-5-9-16/h2-13H,14-15H2,1H3,(H,22,24). The van der Waals surface area contributed by atoms with Crippen LogP contribution in [-0.2, 0) is 13.2 Å². The summed E-state index contributed by atoms with van der Waals surface area (Å²) in [5.74, 6) is 0.503. The molecule has 0 saturated heterocycles. The second-order valence-electron chi connectivity index (χ2n) is 5.61. The molecule has 3 aromatic rings. The maximum absolute atomic E-state index is 12.2. The Morgan fingerprint density at radius 2 is 1.46 bits per heavy atom. The molecule has 5 heteroatoms. The Kier molecular flexibility index (Phi) is 5.83. The van der Waals surface area contributed by atoms with Gasteiger partial charge in [0.15, 0.2) is 17.2 Å². The molecule has 0 radical (unpaired) electrons. The summed E-state index contributed by atoms with van der Waals surface area (Å²) in [5, 5.41) is 2.58. The summed E-state index contributed by atoms with van der Waals surface area (Å²) in [6.45, 7) is 0.692. The zero-order valence-corrected chi connectivity index (χ0v) is 14.5. The molecule has 132 valence electrons. The predicted octanol–water partition coefficient (Wildman–Crippen LogP) is 3.60. The van der Waals surface area contributed by atoms with Gasteiger partial charge in [0.1, 0.15) is 13.2 Å². The summed E-state index contributed by atoms with van der Waals surface area (Å²) >= 11 is 0. The fourth-order valence-electron chi connectivity index (χ4n) is 2.43. The van der Waals surface area contributed by atoms with Gasteiger partial charge in [0.05, 0.1) is 0 Å². The Balaban J connectivity index is 1.83. The number of carbonyl (C=O) groups is 1. The van der Waals surface area contributed by atoms with Gasteiger partial charge in [0.25, 0.3) is 5.91 Å². The molecule has 5 nitrogen and oxygen atoms in total. The van der Waals surface area contributed by atoms with E-state index in [1.54, 1.807) is 19.3 Å². The number of amides is 1. The third-order valence-corrected chi connectivity index (χ3v) is 3.77. The van der Waals surface area contributed by atoms with Crippen LogP contribution in [0.5, 0.6) is 11.5 Å². The van der Waals surface area contributed by atoms with Crippen LogP contribution in [0.15, 0.2) is 72.9 Å². The van der Waals surface area contributed by atoms with E-state index in [4.69, 9.17) is 9.47 Å². The highest BCUT2D eigenvalue weighted by atomic mass is 16.5. The van der Waals surface area contributed by atoms with Gasteiger partial charge in [-0.05, 0) is 11.1 Å². The van der Waals surface area contributed by atoms with Gasteiger partial charge in [-0.2, -0.15) is 0 Å². The van der Waals surface area contributed by atoms with Crippen LogP contribution in [0.25, 0.3) is 0 Å². The molecule has 0 aliphatic rings. The van der Waals surface area contributed by atoms with Crippen molar-refractivity contribution in [2.24, 2.45) is 0 Å². The Morgan fingerprint density at radius 1 is 0.885 bits per heavy atom. The van der Waals surface area contributed by atoms with Gasteiger partial charge < -0.3 is 14.8 Å². The van der Waals surface area contributed by atoms with Gasteiger partial charge in [-0.25, -0.2) is 4.98 Å². The average Bonchev–Trinajstić information content (AvgIpc) is 2.71. The lowest BCUT2D eigenvalue weighted by molar-refractivity contribution is 0.0951. The molecule has 0 spiro atoms.